The first-order valence-corrected chi connectivity index (χ1v) is 11.1. The highest BCUT2D eigenvalue weighted by molar-refractivity contribution is 9.10. The van der Waals surface area contributed by atoms with Gasteiger partial charge in [0.25, 0.3) is 0 Å². The third-order valence-electron chi connectivity index (χ3n) is 4.20. The van der Waals surface area contributed by atoms with Gasteiger partial charge in [-0.3, -0.25) is 0 Å². The van der Waals surface area contributed by atoms with Crippen molar-refractivity contribution < 1.29 is 8.42 Å². The van der Waals surface area contributed by atoms with Gasteiger partial charge in [-0.25, -0.2) is 8.42 Å². The van der Waals surface area contributed by atoms with Gasteiger partial charge in [-0.05, 0) is 42.0 Å². The third-order valence-corrected chi connectivity index (χ3v) is 6.55. The van der Waals surface area contributed by atoms with Crippen molar-refractivity contribution in [3.8, 4) is 24.2 Å². The molecule has 0 aliphatic rings. The van der Waals surface area contributed by atoms with Crippen molar-refractivity contribution in [3.05, 3.63) is 101 Å². The SMILES string of the molecule is C#CCN(C(C#Cc1ccccc1)c1ccc(Br)cc1)S(=O)(=O)c1ccccc1. The molecule has 0 saturated heterocycles. The van der Waals surface area contributed by atoms with E-state index in [1.54, 1.807) is 30.3 Å². The van der Waals surface area contributed by atoms with Crippen molar-refractivity contribution in [2.24, 2.45) is 0 Å². The van der Waals surface area contributed by atoms with Gasteiger partial charge in [0, 0.05) is 10.0 Å². The minimum absolute atomic E-state index is 0.0958. The molecular formula is C24H18BrNO2S. The molecule has 0 amide bonds. The third kappa shape index (κ3) is 5.16. The zero-order chi connectivity index (χ0) is 20.7. The minimum Gasteiger partial charge on any atom is -0.207 e. The first-order chi connectivity index (χ1) is 14.0. The Balaban J connectivity index is 2.13. The summed E-state index contributed by atoms with van der Waals surface area (Å²) in [5.74, 6) is 8.68. The summed E-state index contributed by atoms with van der Waals surface area (Å²) in [5, 5.41) is 0. The Labute approximate surface area is 180 Å². The summed E-state index contributed by atoms with van der Waals surface area (Å²) in [4.78, 5) is 0.180. The van der Waals surface area contributed by atoms with Crippen LogP contribution in [-0.2, 0) is 10.0 Å². The molecule has 0 fully saturated rings. The number of terminal acetylenes is 1. The van der Waals surface area contributed by atoms with Crippen LogP contribution in [0.25, 0.3) is 0 Å². The molecule has 3 rings (SSSR count). The van der Waals surface area contributed by atoms with E-state index in [1.165, 1.54) is 4.31 Å². The monoisotopic (exact) mass is 463 g/mol. The van der Waals surface area contributed by atoms with E-state index >= 15 is 0 Å². The van der Waals surface area contributed by atoms with E-state index in [0.717, 1.165) is 15.6 Å². The van der Waals surface area contributed by atoms with Crippen LogP contribution in [-0.4, -0.2) is 19.3 Å². The van der Waals surface area contributed by atoms with Crippen LogP contribution in [0.4, 0.5) is 0 Å². The van der Waals surface area contributed by atoms with Gasteiger partial charge in [0.15, 0.2) is 0 Å². The van der Waals surface area contributed by atoms with Crippen LogP contribution in [0.15, 0.2) is 94.3 Å². The molecule has 0 aliphatic carbocycles. The van der Waals surface area contributed by atoms with Gasteiger partial charge in [0.1, 0.15) is 6.04 Å². The number of nitrogens with zero attached hydrogens (tertiary/aromatic N) is 1. The highest BCUT2D eigenvalue weighted by Gasteiger charge is 2.31. The van der Waals surface area contributed by atoms with Crippen LogP contribution < -0.4 is 0 Å². The molecule has 1 atom stereocenters. The maximum absolute atomic E-state index is 13.4. The van der Waals surface area contributed by atoms with Crippen LogP contribution >= 0.6 is 15.9 Å². The van der Waals surface area contributed by atoms with Gasteiger partial charge in [-0.15, -0.1) is 6.42 Å². The van der Waals surface area contributed by atoms with E-state index in [1.807, 2.05) is 54.6 Å². The van der Waals surface area contributed by atoms with E-state index in [2.05, 4.69) is 33.7 Å². The summed E-state index contributed by atoms with van der Waals surface area (Å²) in [6.45, 7) is -0.0958. The van der Waals surface area contributed by atoms with Gasteiger partial charge in [-0.2, -0.15) is 4.31 Å². The number of rotatable bonds is 5. The van der Waals surface area contributed by atoms with Crippen molar-refractivity contribution in [1.82, 2.24) is 4.31 Å². The lowest BCUT2D eigenvalue weighted by atomic mass is 10.1. The summed E-state index contributed by atoms with van der Waals surface area (Å²) >= 11 is 3.41. The van der Waals surface area contributed by atoms with Crippen molar-refractivity contribution >= 4 is 26.0 Å². The van der Waals surface area contributed by atoms with Crippen molar-refractivity contribution in [1.29, 1.82) is 0 Å². The Bertz CT molecular complexity index is 1160. The van der Waals surface area contributed by atoms with E-state index in [9.17, 15) is 8.42 Å². The zero-order valence-electron chi connectivity index (χ0n) is 15.5. The number of benzene rings is 3. The van der Waals surface area contributed by atoms with Crippen molar-refractivity contribution in [2.45, 2.75) is 10.9 Å². The summed E-state index contributed by atoms with van der Waals surface area (Å²) in [6, 6.07) is 24.4. The van der Waals surface area contributed by atoms with E-state index in [-0.39, 0.29) is 11.4 Å². The van der Waals surface area contributed by atoms with Gasteiger partial charge >= 0.3 is 0 Å². The number of hydrogen-bond acceptors (Lipinski definition) is 2. The number of sulfonamides is 1. The fourth-order valence-corrected chi connectivity index (χ4v) is 4.51. The molecule has 29 heavy (non-hydrogen) atoms. The molecule has 5 heteroatoms. The Kier molecular flexibility index (Phi) is 6.90. The van der Waals surface area contributed by atoms with Crippen LogP contribution in [0.3, 0.4) is 0 Å². The maximum Gasteiger partial charge on any atom is 0.245 e. The molecule has 1 unspecified atom stereocenters. The van der Waals surface area contributed by atoms with Crippen LogP contribution in [0.2, 0.25) is 0 Å². The lowest BCUT2D eigenvalue weighted by molar-refractivity contribution is 0.410. The normalized spacial score (nSPS) is 11.9. The Morgan fingerprint density at radius 2 is 1.48 bits per heavy atom. The molecule has 144 valence electrons. The number of halogens is 1. The fraction of sp³-hybridized carbons (Fsp3) is 0.0833. The smallest absolute Gasteiger partial charge is 0.207 e. The largest absolute Gasteiger partial charge is 0.245 e. The Morgan fingerprint density at radius 3 is 2.07 bits per heavy atom. The van der Waals surface area contributed by atoms with Gasteiger partial charge in [0.2, 0.25) is 10.0 Å². The molecule has 0 aromatic heterocycles. The molecule has 0 saturated carbocycles. The molecular weight excluding hydrogens is 446 g/mol. The first kappa shape index (κ1) is 20.9. The quantitative estimate of drug-likeness (QED) is 0.506. The first-order valence-electron chi connectivity index (χ1n) is 8.85. The topological polar surface area (TPSA) is 37.4 Å². The molecule has 0 heterocycles. The summed E-state index contributed by atoms with van der Waals surface area (Å²) in [5.41, 5.74) is 1.54. The molecule has 3 nitrogen and oxygen atoms in total. The predicted molar refractivity (Wildman–Crippen MR) is 119 cm³/mol. The molecule has 3 aromatic carbocycles. The van der Waals surface area contributed by atoms with Crippen LogP contribution in [0, 0.1) is 24.2 Å². The Morgan fingerprint density at radius 1 is 0.897 bits per heavy atom. The molecule has 3 aromatic rings. The van der Waals surface area contributed by atoms with Crippen molar-refractivity contribution in [2.75, 3.05) is 6.54 Å². The summed E-state index contributed by atoms with van der Waals surface area (Å²) in [7, 11) is -3.85. The lowest BCUT2D eigenvalue weighted by Crippen LogP contribution is -2.34. The highest BCUT2D eigenvalue weighted by atomic mass is 79.9. The zero-order valence-corrected chi connectivity index (χ0v) is 17.9. The Hall–Kier alpha value is -2.83. The van der Waals surface area contributed by atoms with E-state index in [4.69, 9.17) is 6.42 Å². The van der Waals surface area contributed by atoms with E-state index in [0.29, 0.717) is 0 Å². The molecule has 0 aliphatic heterocycles. The number of hydrogen-bond donors (Lipinski definition) is 0. The van der Waals surface area contributed by atoms with Crippen LogP contribution in [0.5, 0.6) is 0 Å². The van der Waals surface area contributed by atoms with Gasteiger partial charge in [0.05, 0.1) is 11.4 Å². The average molecular weight is 464 g/mol. The summed E-state index contributed by atoms with van der Waals surface area (Å²) in [6.07, 6.45) is 5.54. The highest BCUT2D eigenvalue weighted by Crippen LogP contribution is 2.28. The van der Waals surface area contributed by atoms with Gasteiger partial charge in [-0.1, -0.05) is 82.2 Å². The second-order valence-electron chi connectivity index (χ2n) is 6.16. The van der Waals surface area contributed by atoms with Crippen LogP contribution in [0.1, 0.15) is 17.2 Å². The minimum atomic E-state index is -3.85. The van der Waals surface area contributed by atoms with Gasteiger partial charge < -0.3 is 0 Å². The predicted octanol–water partition coefficient (Wildman–Crippen LogP) is 4.87. The van der Waals surface area contributed by atoms with Crippen molar-refractivity contribution in [3.63, 3.8) is 0 Å². The molecule has 0 spiro atoms. The van der Waals surface area contributed by atoms with E-state index < -0.39 is 16.1 Å². The average Bonchev–Trinajstić information content (AvgIpc) is 2.75. The maximum atomic E-state index is 13.4. The molecule has 0 N–H and O–H groups in total. The second kappa shape index (κ2) is 9.58. The lowest BCUT2D eigenvalue weighted by Gasteiger charge is -2.26. The second-order valence-corrected chi connectivity index (χ2v) is 8.96. The fourth-order valence-electron chi connectivity index (χ4n) is 2.77. The summed E-state index contributed by atoms with van der Waals surface area (Å²) < 4.78 is 28.9. The standard InChI is InChI=1S/C24H18BrNO2S/c1-2-19-26(29(27,28)23-11-7-4-8-12-23)24(21-14-16-22(25)17-15-21)18-13-20-9-5-3-6-10-20/h1,3-12,14-17,24H,19H2. The molecule has 0 radical (unpaired) electrons. The molecule has 0 bridgehead atoms.